The van der Waals surface area contributed by atoms with Gasteiger partial charge in [-0.05, 0) is 23.7 Å². The summed E-state index contributed by atoms with van der Waals surface area (Å²) in [6.07, 6.45) is 0.998. The van der Waals surface area contributed by atoms with Crippen molar-refractivity contribution in [2.24, 2.45) is 17.3 Å². The molecule has 1 heterocycles. The third kappa shape index (κ3) is 4.69. The monoisotopic (exact) mass is 284 g/mol. The van der Waals surface area contributed by atoms with Crippen LogP contribution in [0, 0.1) is 17.3 Å². The molecule has 1 rings (SSSR count). The van der Waals surface area contributed by atoms with Crippen LogP contribution in [0.15, 0.2) is 0 Å². The molecule has 2 amide bonds. The van der Waals surface area contributed by atoms with Gasteiger partial charge in [-0.15, -0.1) is 0 Å². The predicted octanol–water partition coefficient (Wildman–Crippen LogP) is 2.52. The highest BCUT2D eigenvalue weighted by atomic mass is 16.4. The summed E-state index contributed by atoms with van der Waals surface area (Å²) in [5.74, 6) is -0.206. The van der Waals surface area contributed by atoms with Crippen LogP contribution in [-0.2, 0) is 4.79 Å². The van der Waals surface area contributed by atoms with E-state index in [1.165, 1.54) is 4.90 Å². The Labute approximate surface area is 121 Å². The zero-order chi connectivity index (χ0) is 15.5. The van der Waals surface area contributed by atoms with Crippen molar-refractivity contribution in [3.63, 3.8) is 0 Å². The number of rotatable bonds is 4. The summed E-state index contributed by atoms with van der Waals surface area (Å²) in [5.41, 5.74) is 0.185. The lowest BCUT2D eigenvalue weighted by Crippen LogP contribution is -2.46. The number of carboxylic acids is 1. The zero-order valence-corrected chi connectivity index (χ0v) is 13.3. The van der Waals surface area contributed by atoms with Gasteiger partial charge in [-0.25, -0.2) is 4.79 Å². The van der Waals surface area contributed by atoms with Crippen molar-refractivity contribution in [2.45, 2.75) is 41.0 Å². The fourth-order valence-electron chi connectivity index (χ4n) is 2.66. The third-order valence-electron chi connectivity index (χ3n) is 3.87. The maximum atomic E-state index is 12.5. The summed E-state index contributed by atoms with van der Waals surface area (Å²) in [7, 11) is 0. The van der Waals surface area contributed by atoms with Crippen molar-refractivity contribution < 1.29 is 14.7 Å². The van der Waals surface area contributed by atoms with E-state index in [0.29, 0.717) is 12.5 Å². The number of hydrogen-bond acceptors (Lipinski definition) is 2. The van der Waals surface area contributed by atoms with E-state index in [4.69, 9.17) is 5.11 Å². The SMILES string of the molecule is CC(C)CN(CC(=O)O)C(=O)N1CCC(C(C)(C)C)C1. The van der Waals surface area contributed by atoms with E-state index >= 15 is 0 Å². The van der Waals surface area contributed by atoms with Gasteiger partial charge in [-0.1, -0.05) is 34.6 Å². The van der Waals surface area contributed by atoms with Gasteiger partial charge in [0, 0.05) is 19.6 Å². The summed E-state index contributed by atoms with van der Waals surface area (Å²) in [6, 6.07) is -0.132. The predicted molar refractivity (Wildman–Crippen MR) is 78.6 cm³/mol. The van der Waals surface area contributed by atoms with Crippen molar-refractivity contribution >= 4 is 12.0 Å². The van der Waals surface area contributed by atoms with Crippen LogP contribution in [0.3, 0.4) is 0 Å². The zero-order valence-electron chi connectivity index (χ0n) is 13.3. The van der Waals surface area contributed by atoms with Crippen molar-refractivity contribution in [2.75, 3.05) is 26.2 Å². The summed E-state index contributed by atoms with van der Waals surface area (Å²) in [4.78, 5) is 26.7. The second kappa shape index (κ2) is 6.46. The number of carbonyl (C=O) groups is 2. The number of urea groups is 1. The minimum Gasteiger partial charge on any atom is -0.480 e. The molecule has 1 aliphatic heterocycles. The molecule has 0 radical (unpaired) electrons. The first-order chi connectivity index (χ1) is 9.11. The molecule has 1 aliphatic rings. The van der Waals surface area contributed by atoms with Gasteiger partial charge >= 0.3 is 12.0 Å². The van der Waals surface area contributed by atoms with Gasteiger partial charge in [0.05, 0.1) is 0 Å². The van der Waals surface area contributed by atoms with E-state index < -0.39 is 5.97 Å². The second-order valence-corrected chi connectivity index (χ2v) is 7.25. The van der Waals surface area contributed by atoms with E-state index in [2.05, 4.69) is 20.8 Å². The van der Waals surface area contributed by atoms with Gasteiger partial charge in [0.15, 0.2) is 0 Å². The van der Waals surface area contributed by atoms with Gasteiger partial charge in [-0.3, -0.25) is 4.79 Å². The van der Waals surface area contributed by atoms with Gasteiger partial charge in [-0.2, -0.15) is 0 Å². The van der Waals surface area contributed by atoms with Crippen molar-refractivity contribution in [1.29, 1.82) is 0 Å². The maximum absolute atomic E-state index is 12.5. The van der Waals surface area contributed by atoms with Crippen molar-refractivity contribution in [1.82, 2.24) is 9.80 Å². The number of aliphatic carboxylic acids is 1. The molecule has 20 heavy (non-hydrogen) atoms. The first kappa shape index (κ1) is 16.8. The molecule has 0 aromatic carbocycles. The summed E-state index contributed by atoms with van der Waals surface area (Å²) in [6.45, 7) is 12.3. The number of hydrogen-bond donors (Lipinski definition) is 1. The topological polar surface area (TPSA) is 60.9 Å². The highest BCUT2D eigenvalue weighted by Gasteiger charge is 2.35. The Hall–Kier alpha value is -1.26. The Morgan fingerprint density at radius 3 is 2.35 bits per heavy atom. The number of likely N-dealkylation sites (tertiary alicyclic amines) is 1. The molecule has 116 valence electrons. The molecule has 0 bridgehead atoms. The van der Waals surface area contributed by atoms with Crippen LogP contribution >= 0.6 is 0 Å². The van der Waals surface area contributed by atoms with Crippen LogP contribution in [-0.4, -0.2) is 53.1 Å². The normalized spacial score (nSPS) is 19.5. The molecule has 1 saturated heterocycles. The molecule has 1 fully saturated rings. The lowest BCUT2D eigenvalue weighted by Gasteiger charge is -2.30. The summed E-state index contributed by atoms with van der Waals surface area (Å²) >= 11 is 0. The van der Waals surface area contributed by atoms with Gasteiger partial charge in [0.25, 0.3) is 0 Å². The Bertz CT molecular complexity index is 361. The molecule has 1 atom stereocenters. The number of nitrogens with zero attached hydrogens (tertiary/aromatic N) is 2. The van der Waals surface area contributed by atoms with Crippen LogP contribution in [0.1, 0.15) is 41.0 Å². The Balaban J connectivity index is 2.68. The largest absolute Gasteiger partial charge is 0.480 e. The average molecular weight is 284 g/mol. The quantitative estimate of drug-likeness (QED) is 0.863. The molecular weight excluding hydrogens is 256 g/mol. The smallest absolute Gasteiger partial charge is 0.323 e. The molecule has 0 aliphatic carbocycles. The van der Waals surface area contributed by atoms with Gasteiger partial charge in [0.2, 0.25) is 0 Å². The van der Waals surface area contributed by atoms with E-state index in [9.17, 15) is 9.59 Å². The minimum atomic E-state index is -0.953. The molecule has 0 aromatic heterocycles. The van der Waals surface area contributed by atoms with Crippen molar-refractivity contribution in [3.05, 3.63) is 0 Å². The summed E-state index contributed by atoms with van der Waals surface area (Å²) in [5, 5.41) is 8.96. The van der Waals surface area contributed by atoms with Gasteiger partial charge in [0.1, 0.15) is 6.54 Å². The van der Waals surface area contributed by atoms with Gasteiger partial charge < -0.3 is 14.9 Å². The molecular formula is C15H28N2O3. The standard InChI is InChI=1S/C15H28N2O3/c1-11(2)8-17(10-13(18)19)14(20)16-7-6-12(9-16)15(3,4)5/h11-12H,6-10H2,1-5H3,(H,18,19). The summed E-state index contributed by atoms with van der Waals surface area (Å²) < 4.78 is 0. The first-order valence-electron chi connectivity index (χ1n) is 7.37. The fraction of sp³-hybridized carbons (Fsp3) is 0.867. The van der Waals surface area contributed by atoms with E-state index in [0.717, 1.165) is 19.5 Å². The van der Waals surface area contributed by atoms with E-state index in [1.54, 1.807) is 4.90 Å². The lowest BCUT2D eigenvalue weighted by atomic mass is 9.80. The first-order valence-corrected chi connectivity index (χ1v) is 7.37. The third-order valence-corrected chi connectivity index (χ3v) is 3.87. The number of carbonyl (C=O) groups excluding carboxylic acids is 1. The molecule has 0 aromatic rings. The molecule has 0 saturated carbocycles. The highest BCUT2D eigenvalue weighted by molar-refractivity contribution is 5.80. The van der Waals surface area contributed by atoms with E-state index in [-0.39, 0.29) is 23.9 Å². The maximum Gasteiger partial charge on any atom is 0.323 e. The highest BCUT2D eigenvalue weighted by Crippen LogP contribution is 2.33. The molecule has 1 unspecified atom stereocenters. The lowest BCUT2D eigenvalue weighted by molar-refractivity contribution is -0.137. The number of carboxylic acid groups (broad SMARTS) is 1. The molecule has 1 N–H and O–H groups in total. The Morgan fingerprint density at radius 1 is 1.35 bits per heavy atom. The average Bonchev–Trinajstić information content (AvgIpc) is 2.74. The second-order valence-electron chi connectivity index (χ2n) is 7.25. The number of amides is 2. The van der Waals surface area contributed by atoms with Crippen LogP contribution in [0.2, 0.25) is 0 Å². The Kier molecular flexibility index (Phi) is 5.42. The minimum absolute atomic E-state index is 0.132. The van der Waals surface area contributed by atoms with Crippen LogP contribution in [0.25, 0.3) is 0 Å². The van der Waals surface area contributed by atoms with E-state index in [1.807, 2.05) is 13.8 Å². The van der Waals surface area contributed by atoms with Crippen LogP contribution < -0.4 is 0 Å². The molecule has 0 spiro atoms. The van der Waals surface area contributed by atoms with Crippen LogP contribution in [0.5, 0.6) is 0 Å². The fourth-order valence-corrected chi connectivity index (χ4v) is 2.66. The Morgan fingerprint density at radius 2 is 1.95 bits per heavy atom. The molecule has 5 heteroatoms. The molecule has 5 nitrogen and oxygen atoms in total. The van der Waals surface area contributed by atoms with Crippen LogP contribution in [0.4, 0.5) is 4.79 Å². The van der Waals surface area contributed by atoms with Crippen molar-refractivity contribution in [3.8, 4) is 0 Å².